The summed E-state index contributed by atoms with van der Waals surface area (Å²) in [4.78, 5) is 15.2. The van der Waals surface area contributed by atoms with Gasteiger partial charge in [0, 0.05) is 32.2 Å². The standard InChI is InChI=1S/C16H21F2N3O2/c1-2-7-20(9-10-22)16(23)19-12-6-8-21(11-12)15-13(17)4-3-5-14(15)18/h2-5,12,22H,1,6-11H2,(H,19,23). The maximum absolute atomic E-state index is 13.8. The number of carbonyl (C=O) groups is 1. The molecule has 0 aliphatic carbocycles. The second kappa shape index (κ2) is 7.92. The topological polar surface area (TPSA) is 55.8 Å². The molecule has 0 bridgehead atoms. The SMILES string of the molecule is C=CCN(CCO)C(=O)NC1CCN(c2c(F)cccc2F)C1. The van der Waals surface area contributed by atoms with Crippen molar-refractivity contribution in [1.29, 1.82) is 0 Å². The molecule has 0 aromatic heterocycles. The summed E-state index contributed by atoms with van der Waals surface area (Å²) >= 11 is 0. The van der Waals surface area contributed by atoms with E-state index in [4.69, 9.17) is 5.11 Å². The van der Waals surface area contributed by atoms with E-state index in [1.807, 2.05) is 0 Å². The lowest BCUT2D eigenvalue weighted by atomic mass is 10.2. The molecule has 0 spiro atoms. The summed E-state index contributed by atoms with van der Waals surface area (Å²) in [6.07, 6.45) is 2.17. The summed E-state index contributed by atoms with van der Waals surface area (Å²) in [5.74, 6) is -1.21. The Kier molecular flexibility index (Phi) is 5.92. The zero-order valence-corrected chi connectivity index (χ0v) is 12.8. The van der Waals surface area contributed by atoms with E-state index in [1.54, 1.807) is 11.0 Å². The van der Waals surface area contributed by atoms with Gasteiger partial charge in [-0.2, -0.15) is 0 Å². The highest BCUT2D eigenvalue weighted by Gasteiger charge is 2.28. The molecule has 1 aromatic carbocycles. The molecule has 1 aliphatic heterocycles. The van der Waals surface area contributed by atoms with Gasteiger partial charge in [-0.25, -0.2) is 13.6 Å². The Morgan fingerprint density at radius 2 is 2.17 bits per heavy atom. The van der Waals surface area contributed by atoms with Gasteiger partial charge >= 0.3 is 6.03 Å². The lowest BCUT2D eigenvalue weighted by Crippen LogP contribution is -2.46. The fourth-order valence-corrected chi connectivity index (χ4v) is 2.69. The average Bonchev–Trinajstić information content (AvgIpc) is 2.95. The van der Waals surface area contributed by atoms with Crippen LogP contribution in [0.5, 0.6) is 0 Å². The van der Waals surface area contributed by atoms with E-state index >= 15 is 0 Å². The summed E-state index contributed by atoms with van der Waals surface area (Å²) in [5.41, 5.74) is -0.0532. The maximum Gasteiger partial charge on any atom is 0.318 e. The number of rotatable bonds is 6. The number of benzene rings is 1. The zero-order chi connectivity index (χ0) is 16.8. The molecule has 5 nitrogen and oxygen atoms in total. The quantitative estimate of drug-likeness (QED) is 0.783. The number of urea groups is 1. The van der Waals surface area contributed by atoms with Gasteiger partial charge in [-0.15, -0.1) is 6.58 Å². The molecule has 23 heavy (non-hydrogen) atoms. The van der Waals surface area contributed by atoms with Crippen LogP contribution in [0.2, 0.25) is 0 Å². The fraction of sp³-hybridized carbons (Fsp3) is 0.438. The minimum atomic E-state index is -0.606. The fourth-order valence-electron chi connectivity index (χ4n) is 2.69. The predicted octanol–water partition coefficient (Wildman–Crippen LogP) is 1.73. The van der Waals surface area contributed by atoms with Crippen LogP contribution in [0.25, 0.3) is 0 Å². The van der Waals surface area contributed by atoms with E-state index in [0.29, 0.717) is 26.1 Å². The number of aliphatic hydroxyl groups is 1. The van der Waals surface area contributed by atoms with Gasteiger partial charge in [0.2, 0.25) is 0 Å². The van der Waals surface area contributed by atoms with E-state index in [0.717, 1.165) is 0 Å². The number of anilines is 1. The molecule has 1 heterocycles. The van der Waals surface area contributed by atoms with Crippen molar-refractivity contribution in [3.8, 4) is 0 Å². The Bertz CT molecular complexity index is 548. The van der Waals surface area contributed by atoms with Gasteiger partial charge in [0.15, 0.2) is 0 Å². The summed E-state index contributed by atoms with van der Waals surface area (Å²) in [5, 5.41) is 11.8. The number of hydrogen-bond donors (Lipinski definition) is 2. The summed E-state index contributed by atoms with van der Waals surface area (Å²) in [6, 6.07) is 3.24. The Hall–Kier alpha value is -2.15. The molecule has 1 saturated heterocycles. The van der Waals surface area contributed by atoms with Crippen molar-refractivity contribution in [1.82, 2.24) is 10.2 Å². The van der Waals surface area contributed by atoms with E-state index in [9.17, 15) is 13.6 Å². The average molecular weight is 325 g/mol. The van der Waals surface area contributed by atoms with Crippen molar-refractivity contribution in [2.75, 3.05) is 37.7 Å². The first-order valence-electron chi connectivity index (χ1n) is 7.53. The van der Waals surface area contributed by atoms with Crippen LogP contribution in [-0.4, -0.2) is 54.9 Å². The third kappa shape index (κ3) is 4.19. The molecule has 1 aliphatic rings. The lowest BCUT2D eigenvalue weighted by Gasteiger charge is -2.24. The number of amides is 2. The molecule has 1 unspecified atom stereocenters. The van der Waals surface area contributed by atoms with Crippen molar-refractivity contribution in [3.05, 3.63) is 42.5 Å². The normalized spacial score (nSPS) is 17.2. The van der Waals surface area contributed by atoms with E-state index in [-0.39, 0.29) is 30.9 Å². The Labute approximate surface area is 134 Å². The predicted molar refractivity (Wildman–Crippen MR) is 84.4 cm³/mol. The number of nitrogens with one attached hydrogen (secondary N) is 1. The van der Waals surface area contributed by atoms with Crippen molar-refractivity contribution < 1.29 is 18.7 Å². The van der Waals surface area contributed by atoms with E-state index in [1.165, 1.54) is 23.1 Å². The van der Waals surface area contributed by atoms with Crippen LogP contribution in [0.3, 0.4) is 0 Å². The first-order valence-corrected chi connectivity index (χ1v) is 7.53. The highest BCUT2D eigenvalue weighted by molar-refractivity contribution is 5.75. The van der Waals surface area contributed by atoms with Gasteiger partial charge in [0.05, 0.1) is 6.61 Å². The van der Waals surface area contributed by atoms with E-state index in [2.05, 4.69) is 11.9 Å². The molecular formula is C16H21F2N3O2. The molecule has 2 amide bonds. The molecule has 1 fully saturated rings. The molecule has 1 aromatic rings. The van der Waals surface area contributed by atoms with Gasteiger partial charge in [-0.3, -0.25) is 0 Å². The highest BCUT2D eigenvalue weighted by Crippen LogP contribution is 2.26. The van der Waals surface area contributed by atoms with Crippen LogP contribution in [0.4, 0.5) is 19.3 Å². The van der Waals surface area contributed by atoms with Gasteiger partial charge < -0.3 is 20.2 Å². The molecular weight excluding hydrogens is 304 g/mol. The molecule has 2 rings (SSSR count). The lowest BCUT2D eigenvalue weighted by molar-refractivity contribution is 0.181. The van der Waals surface area contributed by atoms with Gasteiger partial charge in [-0.1, -0.05) is 12.1 Å². The molecule has 7 heteroatoms. The molecule has 0 radical (unpaired) electrons. The summed E-state index contributed by atoms with van der Waals surface area (Å²) in [7, 11) is 0. The van der Waals surface area contributed by atoms with Gasteiger partial charge in [-0.05, 0) is 18.6 Å². The first-order chi connectivity index (χ1) is 11.1. The first kappa shape index (κ1) is 17.2. The van der Waals surface area contributed by atoms with Crippen LogP contribution < -0.4 is 10.2 Å². The van der Waals surface area contributed by atoms with Crippen LogP contribution >= 0.6 is 0 Å². The number of para-hydroxylation sites is 1. The smallest absolute Gasteiger partial charge is 0.318 e. The third-order valence-corrected chi connectivity index (χ3v) is 3.78. The summed E-state index contributed by atoms with van der Waals surface area (Å²) in [6.45, 7) is 4.76. The number of hydrogen-bond acceptors (Lipinski definition) is 3. The van der Waals surface area contributed by atoms with Crippen LogP contribution in [0.15, 0.2) is 30.9 Å². The minimum Gasteiger partial charge on any atom is -0.395 e. The maximum atomic E-state index is 13.8. The largest absolute Gasteiger partial charge is 0.395 e. The van der Waals surface area contributed by atoms with E-state index < -0.39 is 11.6 Å². The monoisotopic (exact) mass is 325 g/mol. The number of halogens is 2. The number of aliphatic hydroxyl groups excluding tert-OH is 1. The molecule has 2 N–H and O–H groups in total. The van der Waals surface area contributed by atoms with Crippen LogP contribution in [0, 0.1) is 11.6 Å². The molecule has 1 atom stereocenters. The second-order valence-corrected chi connectivity index (χ2v) is 5.41. The molecule has 0 saturated carbocycles. The number of nitrogens with zero attached hydrogens (tertiary/aromatic N) is 2. The van der Waals surface area contributed by atoms with Gasteiger partial charge in [0.1, 0.15) is 17.3 Å². The third-order valence-electron chi connectivity index (χ3n) is 3.78. The number of carbonyl (C=O) groups excluding carboxylic acids is 1. The Morgan fingerprint density at radius 3 is 2.78 bits per heavy atom. The van der Waals surface area contributed by atoms with Crippen molar-refractivity contribution in [2.24, 2.45) is 0 Å². The Balaban J connectivity index is 1.97. The zero-order valence-electron chi connectivity index (χ0n) is 12.8. The second-order valence-electron chi connectivity index (χ2n) is 5.41. The summed E-state index contributed by atoms with van der Waals surface area (Å²) < 4.78 is 27.6. The van der Waals surface area contributed by atoms with Crippen LogP contribution in [-0.2, 0) is 0 Å². The minimum absolute atomic E-state index is 0.0532. The Morgan fingerprint density at radius 1 is 1.48 bits per heavy atom. The van der Waals surface area contributed by atoms with Crippen molar-refractivity contribution >= 4 is 11.7 Å². The van der Waals surface area contributed by atoms with Crippen molar-refractivity contribution in [3.63, 3.8) is 0 Å². The van der Waals surface area contributed by atoms with Crippen LogP contribution in [0.1, 0.15) is 6.42 Å². The van der Waals surface area contributed by atoms with Crippen molar-refractivity contribution in [2.45, 2.75) is 12.5 Å². The van der Waals surface area contributed by atoms with Gasteiger partial charge in [0.25, 0.3) is 0 Å². The highest BCUT2D eigenvalue weighted by atomic mass is 19.1. The molecule has 126 valence electrons.